The lowest BCUT2D eigenvalue weighted by atomic mass is 9.64. The molecule has 0 spiro atoms. The lowest BCUT2D eigenvalue weighted by Crippen LogP contribution is -2.61. The van der Waals surface area contributed by atoms with E-state index in [1.165, 1.54) is 0 Å². The van der Waals surface area contributed by atoms with Gasteiger partial charge < -0.3 is 16.2 Å². The average Bonchev–Trinajstić information content (AvgIpc) is 2.26. The molecule has 0 aromatic rings. The van der Waals surface area contributed by atoms with E-state index < -0.39 is 0 Å². The Hall–Kier alpha value is -0.610. The minimum atomic E-state index is -0.288. The third-order valence-electron chi connectivity index (χ3n) is 4.07. The van der Waals surface area contributed by atoms with E-state index >= 15 is 0 Å². The molecule has 1 aliphatic carbocycles. The van der Waals surface area contributed by atoms with E-state index in [0.29, 0.717) is 25.3 Å². The van der Waals surface area contributed by atoms with E-state index in [0.717, 1.165) is 12.8 Å². The zero-order valence-corrected chi connectivity index (χ0v) is 11.2. The van der Waals surface area contributed by atoms with Crippen LogP contribution in [0, 0.1) is 11.3 Å². The summed E-state index contributed by atoms with van der Waals surface area (Å²) in [7, 11) is 0. The molecule has 4 nitrogen and oxygen atoms in total. The average molecular weight is 242 g/mol. The Morgan fingerprint density at radius 1 is 1.53 bits per heavy atom. The van der Waals surface area contributed by atoms with Gasteiger partial charge in [-0.1, -0.05) is 20.8 Å². The second-order valence-electron chi connectivity index (χ2n) is 5.91. The summed E-state index contributed by atoms with van der Waals surface area (Å²) < 4.78 is 0. The summed E-state index contributed by atoms with van der Waals surface area (Å²) in [6.07, 6.45) is 2.81. The maximum Gasteiger partial charge on any atom is 0.220 e. The highest BCUT2D eigenvalue weighted by atomic mass is 16.3. The number of aliphatic hydroxyl groups excluding tert-OH is 1. The number of hydrogen-bond donors (Lipinski definition) is 3. The van der Waals surface area contributed by atoms with Crippen LogP contribution in [0.25, 0.3) is 0 Å². The first-order valence-electron chi connectivity index (χ1n) is 6.55. The molecule has 1 saturated carbocycles. The van der Waals surface area contributed by atoms with Crippen LogP contribution in [0.4, 0.5) is 0 Å². The van der Waals surface area contributed by atoms with E-state index in [4.69, 9.17) is 5.73 Å². The van der Waals surface area contributed by atoms with Gasteiger partial charge in [0.15, 0.2) is 0 Å². The smallest absolute Gasteiger partial charge is 0.220 e. The second-order valence-corrected chi connectivity index (χ2v) is 5.91. The fourth-order valence-electron chi connectivity index (χ4n) is 2.22. The predicted molar refractivity (Wildman–Crippen MR) is 68.4 cm³/mol. The van der Waals surface area contributed by atoms with E-state index in [1.54, 1.807) is 0 Å². The molecule has 0 bridgehead atoms. The quantitative estimate of drug-likeness (QED) is 0.651. The van der Waals surface area contributed by atoms with Crippen molar-refractivity contribution in [3.63, 3.8) is 0 Å². The molecular formula is C13H26N2O2. The lowest BCUT2D eigenvalue weighted by Gasteiger charge is -2.49. The first-order valence-corrected chi connectivity index (χ1v) is 6.55. The topological polar surface area (TPSA) is 75.4 Å². The van der Waals surface area contributed by atoms with Gasteiger partial charge in [-0.15, -0.1) is 0 Å². The van der Waals surface area contributed by atoms with Gasteiger partial charge in [-0.3, -0.25) is 4.79 Å². The third-order valence-corrected chi connectivity index (χ3v) is 4.07. The van der Waals surface area contributed by atoms with Crippen LogP contribution in [-0.4, -0.2) is 29.7 Å². The van der Waals surface area contributed by atoms with E-state index in [-0.39, 0.29) is 23.5 Å². The molecule has 1 aliphatic rings. The van der Waals surface area contributed by atoms with Gasteiger partial charge in [0.2, 0.25) is 5.91 Å². The van der Waals surface area contributed by atoms with E-state index in [9.17, 15) is 9.90 Å². The van der Waals surface area contributed by atoms with Crippen molar-refractivity contribution in [2.24, 2.45) is 17.1 Å². The summed E-state index contributed by atoms with van der Waals surface area (Å²) in [4.78, 5) is 11.7. The molecule has 0 aromatic heterocycles. The fourth-order valence-corrected chi connectivity index (χ4v) is 2.22. The second kappa shape index (κ2) is 5.83. The van der Waals surface area contributed by atoms with Crippen LogP contribution >= 0.6 is 0 Å². The number of rotatable bonds is 6. The molecule has 1 fully saturated rings. The van der Waals surface area contributed by atoms with Crippen molar-refractivity contribution in [3.05, 3.63) is 0 Å². The fraction of sp³-hybridized carbons (Fsp3) is 0.923. The van der Waals surface area contributed by atoms with Crippen molar-refractivity contribution < 1.29 is 9.90 Å². The van der Waals surface area contributed by atoms with Crippen LogP contribution in [0.3, 0.4) is 0 Å². The van der Waals surface area contributed by atoms with Crippen LogP contribution in [0.2, 0.25) is 0 Å². The van der Waals surface area contributed by atoms with Gasteiger partial charge in [-0.25, -0.2) is 0 Å². The van der Waals surface area contributed by atoms with Crippen LogP contribution in [0.15, 0.2) is 0 Å². The minimum absolute atomic E-state index is 0.0962. The summed E-state index contributed by atoms with van der Waals surface area (Å²) in [5, 5.41) is 12.6. The summed E-state index contributed by atoms with van der Waals surface area (Å²) in [5.74, 6) is 0.601. The van der Waals surface area contributed by atoms with Crippen LogP contribution in [0.5, 0.6) is 0 Å². The summed E-state index contributed by atoms with van der Waals surface area (Å²) >= 11 is 0. The Bertz CT molecular complexity index is 266. The van der Waals surface area contributed by atoms with Gasteiger partial charge in [-0.2, -0.15) is 0 Å². The number of aliphatic hydroxyl groups is 1. The van der Waals surface area contributed by atoms with Crippen molar-refractivity contribution in [1.82, 2.24) is 5.32 Å². The van der Waals surface area contributed by atoms with Crippen molar-refractivity contribution in [3.8, 4) is 0 Å². The Kier molecular flexibility index (Phi) is 4.95. The van der Waals surface area contributed by atoms with Gasteiger partial charge >= 0.3 is 0 Å². The van der Waals surface area contributed by atoms with Crippen LogP contribution in [0.1, 0.15) is 46.5 Å². The maximum atomic E-state index is 11.7. The zero-order chi connectivity index (χ0) is 13.1. The Labute approximate surface area is 104 Å². The number of amides is 1. The van der Waals surface area contributed by atoms with Crippen LogP contribution < -0.4 is 11.1 Å². The highest BCUT2D eigenvalue weighted by Gasteiger charge is 2.47. The normalized spacial score (nSPS) is 28.3. The Morgan fingerprint density at radius 3 is 2.65 bits per heavy atom. The molecule has 0 radical (unpaired) electrons. The first kappa shape index (κ1) is 14.5. The van der Waals surface area contributed by atoms with Gasteiger partial charge in [-0.05, 0) is 31.7 Å². The van der Waals surface area contributed by atoms with E-state index in [1.807, 2.05) is 13.8 Å². The van der Waals surface area contributed by atoms with Gasteiger partial charge in [0.25, 0.3) is 0 Å². The van der Waals surface area contributed by atoms with Crippen LogP contribution in [-0.2, 0) is 4.79 Å². The molecule has 0 saturated heterocycles. The molecule has 1 rings (SSSR count). The molecule has 0 heterocycles. The van der Waals surface area contributed by atoms with Gasteiger partial charge in [0.1, 0.15) is 0 Å². The van der Waals surface area contributed by atoms with Crippen molar-refractivity contribution in [2.75, 3.05) is 6.54 Å². The van der Waals surface area contributed by atoms with Gasteiger partial charge in [0, 0.05) is 17.9 Å². The lowest BCUT2D eigenvalue weighted by molar-refractivity contribution is -0.129. The standard InChI is InChI=1S/C13H26N2O2/c1-9(6-7-14)4-5-12(17)15-10-8-11(16)13(10,2)3/h9-11,16H,4-8,14H2,1-3H3,(H,15,17). The molecule has 4 N–H and O–H groups in total. The molecule has 4 heteroatoms. The number of nitrogens with two attached hydrogens (primary N) is 1. The monoisotopic (exact) mass is 242 g/mol. The molecule has 17 heavy (non-hydrogen) atoms. The Balaban J connectivity index is 2.22. The van der Waals surface area contributed by atoms with Crippen molar-refractivity contribution >= 4 is 5.91 Å². The molecule has 0 aromatic carbocycles. The number of carbonyl (C=O) groups is 1. The highest BCUT2D eigenvalue weighted by molar-refractivity contribution is 5.76. The number of carbonyl (C=O) groups excluding carboxylic acids is 1. The van der Waals surface area contributed by atoms with Crippen molar-refractivity contribution in [2.45, 2.75) is 58.6 Å². The van der Waals surface area contributed by atoms with Gasteiger partial charge in [0.05, 0.1) is 6.10 Å². The third kappa shape index (κ3) is 3.68. The molecule has 100 valence electrons. The SMILES string of the molecule is CC(CCN)CCC(=O)NC1CC(O)C1(C)C. The molecule has 1 amide bonds. The van der Waals surface area contributed by atoms with Crippen molar-refractivity contribution in [1.29, 1.82) is 0 Å². The molecule has 3 atom stereocenters. The summed E-state index contributed by atoms with van der Waals surface area (Å²) in [6.45, 7) is 6.79. The highest BCUT2D eigenvalue weighted by Crippen LogP contribution is 2.40. The number of hydrogen-bond acceptors (Lipinski definition) is 3. The summed E-state index contributed by atoms with van der Waals surface area (Å²) in [5.41, 5.74) is 5.29. The Morgan fingerprint density at radius 2 is 2.18 bits per heavy atom. The zero-order valence-electron chi connectivity index (χ0n) is 11.2. The predicted octanol–water partition coefficient (Wildman–Crippen LogP) is 1.03. The first-order chi connectivity index (χ1) is 7.87. The number of nitrogens with one attached hydrogen (secondary N) is 1. The maximum absolute atomic E-state index is 11.7. The molecular weight excluding hydrogens is 216 g/mol. The van der Waals surface area contributed by atoms with E-state index in [2.05, 4.69) is 12.2 Å². The largest absolute Gasteiger partial charge is 0.392 e. The molecule has 3 unspecified atom stereocenters. The minimum Gasteiger partial charge on any atom is -0.392 e. The molecule has 0 aliphatic heterocycles. The summed E-state index contributed by atoms with van der Waals surface area (Å²) in [6, 6.07) is 0.120.